The third-order valence-corrected chi connectivity index (χ3v) is 8.51. The van der Waals surface area contributed by atoms with Gasteiger partial charge in [-0.2, -0.15) is 5.10 Å². The molecule has 10 heteroatoms. The molecule has 1 aliphatic carbocycles. The minimum Gasteiger partial charge on any atom is -0.353 e. The summed E-state index contributed by atoms with van der Waals surface area (Å²) in [7, 11) is 2.16. The van der Waals surface area contributed by atoms with Crippen molar-refractivity contribution in [1.82, 2.24) is 35.0 Å². The van der Waals surface area contributed by atoms with Gasteiger partial charge in [-0.1, -0.05) is 19.3 Å². The van der Waals surface area contributed by atoms with Crippen LogP contribution in [0.5, 0.6) is 0 Å². The van der Waals surface area contributed by atoms with Crippen molar-refractivity contribution >= 4 is 39.3 Å². The van der Waals surface area contributed by atoms with Gasteiger partial charge in [0.1, 0.15) is 17.0 Å². The molecule has 1 saturated carbocycles. The predicted octanol–water partition coefficient (Wildman–Crippen LogP) is 5.22. The summed E-state index contributed by atoms with van der Waals surface area (Å²) in [5.74, 6) is 1.54. The van der Waals surface area contributed by atoms with Crippen LogP contribution in [-0.4, -0.2) is 74.2 Å². The summed E-state index contributed by atoms with van der Waals surface area (Å²) in [5.41, 5.74) is 6.60. The number of amides is 1. The molecule has 1 amide bonds. The van der Waals surface area contributed by atoms with Crippen molar-refractivity contribution in [1.29, 1.82) is 0 Å². The second-order valence-corrected chi connectivity index (χ2v) is 11.5. The number of pyridine rings is 3. The number of likely N-dealkylation sites (N-methyl/N-ethyl adjacent to an activating group) is 1. The van der Waals surface area contributed by atoms with Gasteiger partial charge in [-0.15, -0.1) is 0 Å². The van der Waals surface area contributed by atoms with Crippen LogP contribution in [0.1, 0.15) is 38.5 Å². The third kappa shape index (κ3) is 5.27. The van der Waals surface area contributed by atoms with Crippen molar-refractivity contribution in [3.8, 4) is 22.6 Å². The molecular weight excluding hydrogens is 514 g/mol. The van der Waals surface area contributed by atoms with E-state index in [1.165, 1.54) is 19.3 Å². The van der Waals surface area contributed by atoms with E-state index in [1.807, 2.05) is 30.5 Å². The Bertz CT molecular complexity index is 1690. The lowest BCUT2D eigenvalue weighted by molar-refractivity contribution is -0.117. The molecule has 0 unspecified atom stereocenters. The third-order valence-electron chi connectivity index (χ3n) is 8.51. The zero-order chi connectivity index (χ0) is 27.8. The number of H-pyrrole nitrogens is 2. The Morgan fingerprint density at radius 3 is 2.73 bits per heavy atom. The molecule has 6 heterocycles. The minimum atomic E-state index is 0.0561. The highest BCUT2D eigenvalue weighted by atomic mass is 16.1. The highest BCUT2D eigenvalue weighted by molar-refractivity contribution is 5.98. The summed E-state index contributed by atoms with van der Waals surface area (Å²) >= 11 is 0. The van der Waals surface area contributed by atoms with E-state index < -0.39 is 0 Å². The van der Waals surface area contributed by atoms with Gasteiger partial charge in [0, 0.05) is 55.9 Å². The van der Waals surface area contributed by atoms with Gasteiger partial charge in [0.25, 0.3) is 0 Å². The summed E-state index contributed by atoms with van der Waals surface area (Å²) in [6, 6.07) is 10.0. The fourth-order valence-corrected chi connectivity index (χ4v) is 6.20. The number of carbonyl (C=O) groups excluding carboxylic acids is 1. The Morgan fingerprint density at radius 1 is 1.02 bits per heavy atom. The second-order valence-electron chi connectivity index (χ2n) is 11.5. The quantitative estimate of drug-likeness (QED) is 0.266. The van der Waals surface area contributed by atoms with E-state index in [0.29, 0.717) is 18.0 Å². The van der Waals surface area contributed by atoms with Crippen LogP contribution in [0.2, 0.25) is 0 Å². The zero-order valence-electron chi connectivity index (χ0n) is 23.4. The van der Waals surface area contributed by atoms with Crippen LogP contribution in [0.25, 0.3) is 44.6 Å². The van der Waals surface area contributed by atoms with Gasteiger partial charge in [0.15, 0.2) is 0 Å². The number of hydrogen-bond donors (Lipinski definition) is 3. The topological polar surface area (TPSA) is 119 Å². The number of aromatic amines is 2. The molecule has 0 radical (unpaired) electrons. The molecular formula is C31H35N9O. The molecule has 210 valence electrons. The van der Waals surface area contributed by atoms with Gasteiger partial charge >= 0.3 is 0 Å². The Morgan fingerprint density at radius 2 is 1.88 bits per heavy atom. The number of fused-ring (bicyclic) bond motifs is 2. The number of hydrogen-bond acceptors (Lipinski definition) is 7. The SMILES string of the molecule is CN1CCN(c2nccc3[nH]c(-c4n[nH]c5ccc(-c6cncc(NC(=O)CC7CCCCC7)c6)nc45)cc23)CC1. The smallest absolute Gasteiger partial charge is 0.224 e. The maximum Gasteiger partial charge on any atom is 0.224 e. The predicted molar refractivity (Wildman–Crippen MR) is 162 cm³/mol. The van der Waals surface area contributed by atoms with Gasteiger partial charge in [0.05, 0.1) is 34.3 Å². The van der Waals surface area contributed by atoms with Gasteiger partial charge < -0.3 is 20.1 Å². The molecule has 5 aromatic rings. The number of nitrogens with zero attached hydrogens (tertiary/aromatic N) is 6. The molecule has 1 saturated heterocycles. The summed E-state index contributed by atoms with van der Waals surface area (Å²) < 4.78 is 0. The fraction of sp³-hybridized carbons (Fsp3) is 0.387. The Hall–Kier alpha value is -4.31. The normalized spacial score (nSPS) is 17.0. The molecule has 2 fully saturated rings. The Balaban J connectivity index is 1.16. The molecule has 41 heavy (non-hydrogen) atoms. The fourth-order valence-electron chi connectivity index (χ4n) is 6.20. The first kappa shape index (κ1) is 25.6. The van der Waals surface area contributed by atoms with E-state index in [0.717, 1.165) is 89.4 Å². The lowest BCUT2D eigenvalue weighted by atomic mass is 9.87. The lowest BCUT2D eigenvalue weighted by Crippen LogP contribution is -2.44. The Labute approximate surface area is 238 Å². The van der Waals surface area contributed by atoms with E-state index in [-0.39, 0.29) is 5.91 Å². The van der Waals surface area contributed by atoms with Crippen LogP contribution in [0, 0.1) is 5.92 Å². The Kier molecular flexibility index (Phi) is 6.84. The lowest BCUT2D eigenvalue weighted by Gasteiger charge is -2.33. The minimum absolute atomic E-state index is 0.0561. The maximum atomic E-state index is 12.7. The van der Waals surface area contributed by atoms with Crippen LogP contribution in [0.4, 0.5) is 11.5 Å². The first-order chi connectivity index (χ1) is 20.1. The summed E-state index contributed by atoms with van der Waals surface area (Å²) in [6.45, 7) is 3.94. The first-order valence-corrected chi connectivity index (χ1v) is 14.6. The van der Waals surface area contributed by atoms with Crippen molar-refractivity contribution in [2.24, 2.45) is 5.92 Å². The summed E-state index contributed by atoms with van der Waals surface area (Å²) in [5, 5.41) is 11.9. The molecule has 2 aliphatic rings. The average Bonchev–Trinajstić information content (AvgIpc) is 3.62. The van der Waals surface area contributed by atoms with Crippen LogP contribution < -0.4 is 10.2 Å². The van der Waals surface area contributed by atoms with Gasteiger partial charge in [-0.3, -0.25) is 14.9 Å². The second kappa shape index (κ2) is 10.9. The van der Waals surface area contributed by atoms with Gasteiger partial charge in [-0.25, -0.2) is 9.97 Å². The van der Waals surface area contributed by atoms with E-state index in [1.54, 1.807) is 12.4 Å². The first-order valence-electron chi connectivity index (χ1n) is 14.6. The summed E-state index contributed by atoms with van der Waals surface area (Å²) in [4.78, 5) is 35.1. The molecule has 0 aromatic carbocycles. The highest BCUT2D eigenvalue weighted by Crippen LogP contribution is 2.33. The number of anilines is 2. The standard InChI is InChI=1S/C31H35N9O/c1-39-11-13-40(14-12-39)31-23-17-27(35-25(23)9-10-33-31)30-29-26(37-38-30)8-7-24(36-29)21-16-22(19-32-18-21)34-28(41)15-20-5-3-2-4-6-20/h7-10,16-20,35H,2-6,11-15H2,1H3,(H,34,41)(H,37,38). The van der Waals surface area contributed by atoms with Crippen LogP contribution in [0.3, 0.4) is 0 Å². The number of carbonyl (C=O) groups is 1. The molecule has 5 aromatic heterocycles. The van der Waals surface area contributed by atoms with E-state index in [2.05, 4.69) is 48.4 Å². The van der Waals surface area contributed by atoms with Crippen molar-refractivity contribution in [2.75, 3.05) is 43.4 Å². The number of rotatable bonds is 6. The molecule has 0 bridgehead atoms. The van der Waals surface area contributed by atoms with Crippen molar-refractivity contribution in [3.05, 3.63) is 48.9 Å². The zero-order valence-corrected chi connectivity index (χ0v) is 23.4. The average molecular weight is 550 g/mol. The largest absolute Gasteiger partial charge is 0.353 e. The van der Waals surface area contributed by atoms with E-state index >= 15 is 0 Å². The molecule has 1 aliphatic heterocycles. The number of piperazine rings is 1. The van der Waals surface area contributed by atoms with Gasteiger partial charge in [-0.05, 0) is 56.1 Å². The molecule has 0 atom stereocenters. The monoisotopic (exact) mass is 549 g/mol. The van der Waals surface area contributed by atoms with Crippen LogP contribution in [0.15, 0.2) is 48.9 Å². The number of nitrogens with one attached hydrogen (secondary N) is 3. The van der Waals surface area contributed by atoms with Gasteiger partial charge in [0.2, 0.25) is 5.91 Å². The number of aromatic nitrogens is 6. The molecule has 7 rings (SSSR count). The molecule has 10 nitrogen and oxygen atoms in total. The molecule has 0 spiro atoms. The molecule has 3 N–H and O–H groups in total. The summed E-state index contributed by atoms with van der Waals surface area (Å²) in [6.07, 6.45) is 11.9. The van der Waals surface area contributed by atoms with Crippen LogP contribution >= 0.6 is 0 Å². The van der Waals surface area contributed by atoms with Crippen molar-refractivity contribution in [3.63, 3.8) is 0 Å². The highest BCUT2D eigenvalue weighted by Gasteiger charge is 2.21. The van der Waals surface area contributed by atoms with Crippen molar-refractivity contribution < 1.29 is 4.79 Å². The van der Waals surface area contributed by atoms with Crippen molar-refractivity contribution in [2.45, 2.75) is 38.5 Å². The maximum absolute atomic E-state index is 12.7. The van der Waals surface area contributed by atoms with E-state index in [9.17, 15) is 4.79 Å². The van der Waals surface area contributed by atoms with Crippen LogP contribution in [-0.2, 0) is 4.79 Å². The van der Waals surface area contributed by atoms with E-state index in [4.69, 9.17) is 9.97 Å².